The molecule has 5 heteroatoms. The molecular weight excluding hydrogens is 312 g/mol. The zero-order chi connectivity index (χ0) is 16.8. The summed E-state index contributed by atoms with van der Waals surface area (Å²) in [4.78, 5) is 24.3. The van der Waals surface area contributed by atoms with E-state index < -0.39 is 0 Å². The van der Waals surface area contributed by atoms with Crippen molar-refractivity contribution < 1.29 is 9.59 Å². The van der Waals surface area contributed by atoms with E-state index in [-0.39, 0.29) is 23.7 Å². The normalized spacial score (nSPS) is 20.6. The van der Waals surface area contributed by atoms with Crippen molar-refractivity contribution in [2.24, 2.45) is 11.8 Å². The van der Waals surface area contributed by atoms with Gasteiger partial charge in [-0.3, -0.25) is 9.59 Å². The monoisotopic (exact) mass is 334 g/mol. The van der Waals surface area contributed by atoms with Gasteiger partial charge >= 0.3 is 0 Å². The van der Waals surface area contributed by atoms with Crippen LogP contribution in [0.5, 0.6) is 0 Å². The average Bonchev–Trinajstić information content (AvgIpc) is 2.57. The highest BCUT2D eigenvalue weighted by Crippen LogP contribution is 2.31. The van der Waals surface area contributed by atoms with Crippen molar-refractivity contribution in [2.45, 2.75) is 32.6 Å². The highest BCUT2D eigenvalue weighted by molar-refractivity contribution is 6.31. The molecule has 1 saturated carbocycles. The fourth-order valence-electron chi connectivity index (χ4n) is 2.91. The van der Waals surface area contributed by atoms with Gasteiger partial charge in [-0.2, -0.15) is 0 Å². The summed E-state index contributed by atoms with van der Waals surface area (Å²) < 4.78 is 0. The number of rotatable bonds is 5. The van der Waals surface area contributed by atoms with Crippen LogP contribution in [0.3, 0.4) is 0 Å². The van der Waals surface area contributed by atoms with Gasteiger partial charge in [0.15, 0.2) is 0 Å². The van der Waals surface area contributed by atoms with E-state index in [9.17, 15) is 9.59 Å². The summed E-state index contributed by atoms with van der Waals surface area (Å²) in [5.41, 5.74) is 1.63. The number of halogens is 1. The van der Waals surface area contributed by atoms with Crippen LogP contribution in [0, 0.1) is 18.8 Å². The Morgan fingerprint density at radius 2 is 1.83 bits per heavy atom. The largest absolute Gasteiger partial charge is 0.352 e. The first kappa shape index (κ1) is 17.5. The summed E-state index contributed by atoms with van der Waals surface area (Å²) in [5, 5.41) is 6.43. The molecular formula is C18H23ClN2O2. The van der Waals surface area contributed by atoms with Crippen molar-refractivity contribution in [1.82, 2.24) is 5.32 Å². The molecule has 23 heavy (non-hydrogen) atoms. The topological polar surface area (TPSA) is 58.2 Å². The quantitative estimate of drug-likeness (QED) is 0.807. The summed E-state index contributed by atoms with van der Waals surface area (Å²) in [6.07, 6.45) is 4.63. The van der Waals surface area contributed by atoms with Gasteiger partial charge in [0, 0.05) is 29.1 Å². The molecule has 0 spiro atoms. The molecule has 124 valence electrons. The molecule has 2 amide bonds. The van der Waals surface area contributed by atoms with Crippen LogP contribution in [-0.4, -0.2) is 18.4 Å². The second-order valence-electron chi connectivity index (χ2n) is 5.98. The van der Waals surface area contributed by atoms with E-state index in [0.29, 0.717) is 11.6 Å². The number of carbonyl (C=O) groups excluding carboxylic acids is 2. The lowest BCUT2D eigenvalue weighted by molar-refractivity contribution is -0.128. The van der Waals surface area contributed by atoms with Gasteiger partial charge in [0.1, 0.15) is 0 Å². The first-order chi connectivity index (χ1) is 11.0. The molecule has 0 radical (unpaired) electrons. The van der Waals surface area contributed by atoms with Gasteiger partial charge in [-0.25, -0.2) is 0 Å². The summed E-state index contributed by atoms with van der Waals surface area (Å²) in [6, 6.07) is 5.48. The smallest absolute Gasteiger partial charge is 0.227 e. The predicted molar refractivity (Wildman–Crippen MR) is 93.5 cm³/mol. The Labute approximate surface area is 142 Å². The molecule has 1 aromatic rings. The summed E-state index contributed by atoms with van der Waals surface area (Å²) in [6.45, 7) is 5.97. The van der Waals surface area contributed by atoms with Crippen LogP contribution in [0.2, 0.25) is 5.02 Å². The maximum Gasteiger partial charge on any atom is 0.227 e. The SMILES string of the molecule is C=CCNC(=O)C1CCC(C(=O)Nc2cccc(Cl)c2C)CC1. The third-order valence-corrected chi connectivity index (χ3v) is 4.82. The maximum atomic E-state index is 12.4. The van der Waals surface area contributed by atoms with Gasteiger partial charge in [0.25, 0.3) is 0 Å². The van der Waals surface area contributed by atoms with Crippen molar-refractivity contribution in [3.05, 3.63) is 41.4 Å². The van der Waals surface area contributed by atoms with E-state index in [1.165, 1.54) is 0 Å². The number of nitrogens with one attached hydrogen (secondary N) is 2. The van der Waals surface area contributed by atoms with E-state index in [0.717, 1.165) is 36.9 Å². The van der Waals surface area contributed by atoms with Crippen LogP contribution in [0.25, 0.3) is 0 Å². The van der Waals surface area contributed by atoms with Crippen LogP contribution in [-0.2, 0) is 9.59 Å². The molecule has 4 nitrogen and oxygen atoms in total. The Bertz CT molecular complexity index is 593. The van der Waals surface area contributed by atoms with Gasteiger partial charge in [-0.15, -0.1) is 6.58 Å². The molecule has 1 aromatic carbocycles. The van der Waals surface area contributed by atoms with Gasteiger partial charge in [0.05, 0.1) is 0 Å². The van der Waals surface area contributed by atoms with Gasteiger partial charge < -0.3 is 10.6 Å². The van der Waals surface area contributed by atoms with E-state index in [4.69, 9.17) is 11.6 Å². The van der Waals surface area contributed by atoms with E-state index in [1.807, 2.05) is 19.1 Å². The lowest BCUT2D eigenvalue weighted by Gasteiger charge is -2.27. The van der Waals surface area contributed by atoms with Crippen LogP contribution >= 0.6 is 11.6 Å². The first-order valence-electron chi connectivity index (χ1n) is 7.97. The molecule has 2 N–H and O–H groups in total. The number of carbonyl (C=O) groups is 2. The Kier molecular flexibility index (Phi) is 6.22. The fourth-order valence-corrected chi connectivity index (χ4v) is 3.09. The lowest BCUT2D eigenvalue weighted by Crippen LogP contribution is -2.35. The molecule has 0 saturated heterocycles. The molecule has 0 heterocycles. The van der Waals surface area contributed by atoms with E-state index in [2.05, 4.69) is 17.2 Å². The van der Waals surface area contributed by atoms with Crippen LogP contribution in [0.1, 0.15) is 31.2 Å². The number of anilines is 1. The predicted octanol–water partition coefficient (Wildman–Crippen LogP) is 3.70. The molecule has 1 fully saturated rings. The summed E-state index contributed by atoms with van der Waals surface area (Å²) in [7, 11) is 0. The summed E-state index contributed by atoms with van der Waals surface area (Å²) >= 11 is 6.08. The molecule has 1 aliphatic carbocycles. The molecule has 0 atom stereocenters. The Morgan fingerprint density at radius 1 is 1.22 bits per heavy atom. The van der Waals surface area contributed by atoms with Crippen molar-refractivity contribution in [3.8, 4) is 0 Å². The summed E-state index contributed by atoms with van der Waals surface area (Å²) in [5.74, 6) is 0.0403. The van der Waals surface area contributed by atoms with Gasteiger partial charge in [0.2, 0.25) is 11.8 Å². The molecule has 0 aliphatic heterocycles. The van der Waals surface area contributed by atoms with Crippen molar-refractivity contribution in [3.63, 3.8) is 0 Å². The number of benzene rings is 1. The van der Waals surface area contributed by atoms with Crippen LogP contribution in [0.15, 0.2) is 30.9 Å². The molecule has 2 rings (SSSR count). The Hall–Kier alpha value is -1.81. The molecule has 0 aromatic heterocycles. The van der Waals surface area contributed by atoms with E-state index >= 15 is 0 Å². The van der Waals surface area contributed by atoms with Gasteiger partial charge in [-0.1, -0.05) is 23.7 Å². The standard InChI is InChI=1S/C18H23ClN2O2/c1-3-11-20-17(22)13-7-9-14(10-8-13)18(23)21-16-6-4-5-15(19)12(16)2/h3-6,13-14H,1,7-11H2,2H3,(H,20,22)(H,21,23). The number of hydrogen-bond donors (Lipinski definition) is 2. The number of hydrogen-bond acceptors (Lipinski definition) is 2. The zero-order valence-electron chi connectivity index (χ0n) is 13.4. The fraction of sp³-hybridized carbons (Fsp3) is 0.444. The van der Waals surface area contributed by atoms with Crippen LogP contribution in [0.4, 0.5) is 5.69 Å². The van der Waals surface area contributed by atoms with E-state index in [1.54, 1.807) is 12.1 Å². The van der Waals surface area contributed by atoms with Crippen molar-refractivity contribution in [2.75, 3.05) is 11.9 Å². The first-order valence-corrected chi connectivity index (χ1v) is 8.35. The second kappa shape index (κ2) is 8.16. The average molecular weight is 335 g/mol. The Balaban J connectivity index is 1.87. The van der Waals surface area contributed by atoms with Crippen molar-refractivity contribution >= 4 is 29.1 Å². The highest BCUT2D eigenvalue weighted by atomic mass is 35.5. The zero-order valence-corrected chi connectivity index (χ0v) is 14.2. The molecule has 0 bridgehead atoms. The third kappa shape index (κ3) is 4.58. The lowest BCUT2D eigenvalue weighted by atomic mass is 9.81. The molecule has 1 aliphatic rings. The third-order valence-electron chi connectivity index (χ3n) is 4.41. The Morgan fingerprint density at radius 3 is 2.43 bits per heavy atom. The van der Waals surface area contributed by atoms with Crippen molar-refractivity contribution in [1.29, 1.82) is 0 Å². The van der Waals surface area contributed by atoms with Crippen LogP contribution < -0.4 is 10.6 Å². The number of amides is 2. The highest BCUT2D eigenvalue weighted by Gasteiger charge is 2.29. The minimum atomic E-state index is -0.0446. The minimum Gasteiger partial charge on any atom is -0.352 e. The molecule has 0 unspecified atom stereocenters. The van der Waals surface area contributed by atoms with Gasteiger partial charge in [-0.05, 0) is 50.3 Å². The second-order valence-corrected chi connectivity index (χ2v) is 6.39. The minimum absolute atomic E-state index is 0.00639. The maximum absolute atomic E-state index is 12.4.